The van der Waals surface area contributed by atoms with Crippen LogP contribution in [-0.4, -0.2) is 33.9 Å². The van der Waals surface area contributed by atoms with Crippen LogP contribution >= 0.6 is 0 Å². The molecule has 1 N–H and O–H groups in total. The molecule has 0 fully saturated rings. The molecule has 20 heavy (non-hydrogen) atoms. The highest BCUT2D eigenvalue weighted by Gasteiger charge is 2.04. The van der Waals surface area contributed by atoms with Gasteiger partial charge in [-0.05, 0) is 16.8 Å². The largest absolute Gasteiger partial charge is 0.496 e. The number of fused-ring (bicyclic) bond motifs is 1. The second-order valence-corrected chi connectivity index (χ2v) is 4.50. The topological polar surface area (TPSA) is 30.5 Å². The van der Waals surface area contributed by atoms with Crippen LogP contribution in [-0.2, 0) is 4.74 Å². The summed E-state index contributed by atoms with van der Waals surface area (Å²) < 4.78 is 10.5. The molecule has 0 aromatic heterocycles. The number of benzene rings is 2. The highest BCUT2D eigenvalue weighted by atomic mass is 16.5. The molecule has 0 heterocycles. The number of ether oxygens (including phenoxy) is 2. The second kappa shape index (κ2) is 7.68. The summed E-state index contributed by atoms with van der Waals surface area (Å²) in [5.74, 6) is 0.900. The summed E-state index contributed by atoms with van der Waals surface area (Å²) in [5, 5.41) is 5.72. The lowest BCUT2D eigenvalue weighted by molar-refractivity contribution is 0.200. The van der Waals surface area contributed by atoms with Crippen LogP contribution in [0.1, 0.15) is 5.56 Å². The number of hydrogen-bond acceptors (Lipinski definition) is 3. The van der Waals surface area contributed by atoms with Crippen molar-refractivity contribution in [2.75, 3.05) is 33.9 Å². The van der Waals surface area contributed by atoms with E-state index in [9.17, 15) is 0 Å². The predicted molar refractivity (Wildman–Crippen MR) is 84.3 cm³/mol. The van der Waals surface area contributed by atoms with E-state index in [1.165, 1.54) is 10.8 Å². The molecule has 2 rings (SSSR count). The molecule has 0 spiro atoms. The third kappa shape index (κ3) is 3.59. The molecule has 3 nitrogen and oxygen atoms in total. The van der Waals surface area contributed by atoms with Gasteiger partial charge in [0.15, 0.2) is 0 Å². The van der Waals surface area contributed by atoms with Crippen molar-refractivity contribution in [2.45, 2.75) is 0 Å². The number of nitrogens with one attached hydrogen (secondary N) is 1. The van der Waals surface area contributed by atoms with E-state index >= 15 is 0 Å². The summed E-state index contributed by atoms with van der Waals surface area (Å²) in [6.07, 6.45) is 4.22. The third-order valence-corrected chi connectivity index (χ3v) is 3.18. The first-order valence-electron chi connectivity index (χ1n) is 6.78. The zero-order valence-corrected chi connectivity index (χ0v) is 12.1. The van der Waals surface area contributed by atoms with E-state index in [-0.39, 0.29) is 0 Å². The SMILES string of the molecule is COCCNCC=Cc1c(OC)ccc2ccccc12. The highest BCUT2D eigenvalue weighted by molar-refractivity contribution is 5.93. The zero-order chi connectivity index (χ0) is 14.2. The minimum Gasteiger partial charge on any atom is -0.496 e. The Morgan fingerprint density at radius 3 is 2.75 bits per heavy atom. The maximum absolute atomic E-state index is 5.46. The maximum Gasteiger partial charge on any atom is 0.126 e. The molecule has 2 aromatic rings. The Morgan fingerprint density at radius 2 is 1.95 bits per heavy atom. The van der Waals surface area contributed by atoms with Crippen LogP contribution in [0.15, 0.2) is 42.5 Å². The molecule has 3 heteroatoms. The van der Waals surface area contributed by atoms with E-state index in [0.717, 1.165) is 31.0 Å². The van der Waals surface area contributed by atoms with Crippen molar-refractivity contribution in [3.63, 3.8) is 0 Å². The Kier molecular flexibility index (Phi) is 5.59. The fourth-order valence-corrected chi connectivity index (χ4v) is 2.16. The van der Waals surface area contributed by atoms with Gasteiger partial charge in [-0.1, -0.05) is 42.5 Å². The number of rotatable bonds is 7. The Balaban J connectivity index is 2.16. The molecule has 0 saturated heterocycles. The Labute approximate surface area is 120 Å². The van der Waals surface area contributed by atoms with Crippen LogP contribution in [0.5, 0.6) is 5.75 Å². The summed E-state index contributed by atoms with van der Waals surface area (Å²) in [6.45, 7) is 2.40. The van der Waals surface area contributed by atoms with Crippen molar-refractivity contribution in [1.29, 1.82) is 0 Å². The van der Waals surface area contributed by atoms with Crippen molar-refractivity contribution in [2.24, 2.45) is 0 Å². The minimum atomic E-state index is 0.728. The highest BCUT2D eigenvalue weighted by Crippen LogP contribution is 2.28. The smallest absolute Gasteiger partial charge is 0.126 e. The van der Waals surface area contributed by atoms with Gasteiger partial charge in [-0.15, -0.1) is 0 Å². The predicted octanol–water partition coefficient (Wildman–Crippen LogP) is 3.10. The number of hydrogen-bond donors (Lipinski definition) is 1. The molecular weight excluding hydrogens is 250 g/mol. The zero-order valence-electron chi connectivity index (χ0n) is 12.1. The standard InChI is InChI=1S/C17H21NO2/c1-19-13-12-18-11-5-8-16-15-7-4-3-6-14(15)9-10-17(16)20-2/h3-10,18H,11-13H2,1-2H3. The lowest BCUT2D eigenvalue weighted by Gasteiger charge is -2.09. The van der Waals surface area contributed by atoms with E-state index in [1.54, 1.807) is 14.2 Å². The molecule has 0 saturated carbocycles. The van der Waals surface area contributed by atoms with Crippen molar-refractivity contribution < 1.29 is 9.47 Å². The van der Waals surface area contributed by atoms with Gasteiger partial charge in [-0.25, -0.2) is 0 Å². The third-order valence-electron chi connectivity index (χ3n) is 3.18. The Morgan fingerprint density at radius 1 is 1.10 bits per heavy atom. The summed E-state index contributed by atoms with van der Waals surface area (Å²) >= 11 is 0. The van der Waals surface area contributed by atoms with E-state index < -0.39 is 0 Å². The normalized spacial score (nSPS) is 11.3. The average Bonchev–Trinajstić information content (AvgIpc) is 2.50. The van der Waals surface area contributed by atoms with Crippen LogP contribution in [0.2, 0.25) is 0 Å². The van der Waals surface area contributed by atoms with Gasteiger partial charge in [0.1, 0.15) is 5.75 Å². The van der Waals surface area contributed by atoms with Gasteiger partial charge in [0, 0.05) is 25.8 Å². The van der Waals surface area contributed by atoms with Crippen molar-refractivity contribution >= 4 is 16.8 Å². The Bertz CT molecular complexity index is 578. The minimum absolute atomic E-state index is 0.728. The summed E-state index contributed by atoms with van der Waals surface area (Å²) in [6, 6.07) is 12.4. The monoisotopic (exact) mass is 271 g/mol. The fourth-order valence-electron chi connectivity index (χ4n) is 2.16. The molecule has 0 unspecified atom stereocenters. The Hall–Kier alpha value is -1.84. The molecule has 106 valence electrons. The molecule has 0 aliphatic rings. The summed E-state index contributed by atoms with van der Waals surface area (Å²) in [4.78, 5) is 0. The van der Waals surface area contributed by atoms with Crippen molar-refractivity contribution in [1.82, 2.24) is 5.32 Å². The van der Waals surface area contributed by atoms with Crippen molar-refractivity contribution in [3.05, 3.63) is 48.0 Å². The van der Waals surface area contributed by atoms with E-state index in [2.05, 4.69) is 47.8 Å². The van der Waals surface area contributed by atoms with Crippen LogP contribution < -0.4 is 10.1 Å². The van der Waals surface area contributed by atoms with E-state index in [4.69, 9.17) is 9.47 Å². The van der Waals surface area contributed by atoms with Gasteiger partial charge in [0.25, 0.3) is 0 Å². The first-order valence-corrected chi connectivity index (χ1v) is 6.78. The van der Waals surface area contributed by atoms with Crippen LogP contribution in [0, 0.1) is 0 Å². The van der Waals surface area contributed by atoms with Crippen molar-refractivity contribution in [3.8, 4) is 5.75 Å². The van der Waals surface area contributed by atoms with E-state index in [0.29, 0.717) is 0 Å². The van der Waals surface area contributed by atoms with Crippen LogP contribution in [0.4, 0.5) is 0 Å². The lowest BCUT2D eigenvalue weighted by atomic mass is 10.0. The fraction of sp³-hybridized carbons (Fsp3) is 0.294. The second-order valence-electron chi connectivity index (χ2n) is 4.50. The number of methoxy groups -OCH3 is 2. The molecular formula is C17H21NO2. The van der Waals surface area contributed by atoms with Crippen LogP contribution in [0.3, 0.4) is 0 Å². The van der Waals surface area contributed by atoms with E-state index in [1.807, 2.05) is 6.07 Å². The van der Waals surface area contributed by atoms with Gasteiger partial charge >= 0.3 is 0 Å². The lowest BCUT2D eigenvalue weighted by Crippen LogP contribution is -2.18. The first kappa shape index (κ1) is 14.6. The molecule has 0 bridgehead atoms. The van der Waals surface area contributed by atoms with Gasteiger partial charge in [0.05, 0.1) is 13.7 Å². The van der Waals surface area contributed by atoms with Gasteiger partial charge < -0.3 is 14.8 Å². The first-order chi connectivity index (χ1) is 9.86. The van der Waals surface area contributed by atoms with Crippen LogP contribution in [0.25, 0.3) is 16.8 Å². The molecule has 0 aliphatic carbocycles. The van der Waals surface area contributed by atoms with Gasteiger partial charge in [-0.2, -0.15) is 0 Å². The molecule has 2 aromatic carbocycles. The molecule has 0 amide bonds. The molecule has 0 atom stereocenters. The molecule has 0 radical (unpaired) electrons. The summed E-state index contributed by atoms with van der Waals surface area (Å²) in [7, 11) is 3.41. The molecule has 0 aliphatic heterocycles. The van der Waals surface area contributed by atoms with Gasteiger partial charge in [0.2, 0.25) is 0 Å². The van der Waals surface area contributed by atoms with Gasteiger partial charge in [-0.3, -0.25) is 0 Å². The maximum atomic E-state index is 5.46. The average molecular weight is 271 g/mol. The quantitative estimate of drug-likeness (QED) is 0.785. The summed E-state index contributed by atoms with van der Waals surface area (Å²) in [5.41, 5.74) is 1.12.